The minimum atomic E-state index is 1.12. The number of fused-ring (bicyclic) bond motifs is 4. The Morgan fingerprint density at radius 1 is 0.419 bits per heavy atom. The zero-order valence-corrected chi connectivity index (χ0v) is 24.0. The molecule has 0 aliphatic carbocycles. The van der Waals surface area contributed by atoms with Crippen molar-refractivity contribution in [1.82, 2.24) is 4.57 Å². The van der Waals surface area contributed by atoms with E-state index in [0.29, 0.717) is 0 Å². The molecule has 0 bridgehead atoms. The Morgan fingerprint density at radius 3 is 1.63 bits per heavy atom. The monoisotopic (exact) mass is 550 g/mol. The Balaban J connectivity index is 1.22. The second kappa shape index (κ2) is 10.3. The highest BCUT2D eigenvalue weighted by Gasteiger charge is 2.16. The first-order valence-electron chi connectivity index (χ1n) is 14.8. The molecule has 0 amide bonds. The second-order valence-electron chi connectivity index (χ2n) is 11.1. The van der Waals surface area contributed by atoms with Gasteiger partial charge in [-0.3, -0.25) is 0 Å². The maximum absolute atomic E-state index is 2.35. The number of aromatic nitrogens is 1. The molecule has 204 valence electrons. The van der Waals surface area contributed by atoms with Gasteiger partial charge in [0.05, 0.1) is 5.52 Å². The van der Waals surface area contributed by atoms with Crippen LogP contribution in [0.5, 0.6) is 0 Å². The van der Waals surface area contributed by atoms with Gasteiger partial charge in [-0.25, -0.2) is 0 Å². The van der Waals surface area contributed by atoms with Crippen molar-refractivity contribution in [2.24, 2.45) is 7.05 Å². The van der Waals surface area contributed by atoms with Gasteiger partial charge >= 0.3 is 0 Å². The zero-order valence-electron chi connectivity index (χ0n) is 24.0. The topological polar surface area (TPSA) is 8.17 Å². The van der Waals surface area contributed by atoms with Gasteiger partial charge in [-0.05, 0) is 76.0 Å². The van der Waals surface area contributed by atoms with Crippen LogP contribution in [0.4, 0.5) is 17.1 Å². The summed E-state index contributed by atoms with van der Waals surface area (Å²) in [5.74, 6) is 0. The fourth-order valence-electron chi connectivity index (χ4n) is 6.45. The third-order valence-electron chi connectivity index (χ3n) is 8.57. The average molecular weight is 551 g/mol. The maximum Gasteiger partial charge on any atom is 0.0568 e. The molecule has 0 saturated carbocycles. The lowest BCUT2D eigenvalue weighted by Gasteiger charge is -2.26. The highest BCUT2D eigenvalue weighted by Crippen LogP contribution is 2.40. The number of anilines is 3. The Morgan fingerprint density at radius 2 is 0.953 bits per heavy atom. The molecule has 2 nitrogen and oxygen atoms in total. The van der Waals surface area contributed by atoms with Crippen molar-refractivity contribution < 1.29 is 0 Å². The lowest BCUT2D eigenvalue weighted by molar-refractivity contribution is 1.02. The van der Waals surface area contributed by atoms with E-state index in [1.165, 1.54) is 54.8 Å². The number of aryl methyl sites for hydroxylation is 1. The molecule has 0 saturated heterocycles. The normalized spacial score (nSPS) is 11.4. The van der Waals surface area contributed by atoms with Gasteiger partial charge in [0.15, 0.2) is 0 Å². The number of benzene rings is 7. The van der Waals surface area contributed by atoms with Crippen LogP contribution in [-0.2, 0) is 7.05 Å². The first-order chi connectivity index (χ1) is 21.2. The summed E-state index contributed by atoms with van der Waals surface area (Å²) in [6.45, 7) is 0. The number of hydrogen-bond donors (Lipinski definition) is 0. The van der Waals surface area contributed by atoms with E-state index in [-0.39, 0.29) is 0 Å². The van der Waals surface area contributed by atoms with Crippen LogP contribution in [0.2, 0.25) is 0 Å². The van der Waals surface area contributed by atoms with E-state index in [2.05, 4.69) is 180 Å². The first kappa shape index (κ1) is 25.1. The molecule has 0 atom stereocenters. The maximum atomic E-state index is 2.35. The first-order valence-corrected chi connectivity index (χ1v) is 14.8. The van der Waals surface area contributed by atoms with Crippen LogP contribution < -0.4 is 4.90 Å². The van der Waals surface area contributed by atoms with Gasteiger partial charge in [-0.15, -0.1) is 0 Å². The molecule has 0 radical (unpaired) electrons. The Labute approximate surface area is 251 Å². The lowest BCUT2D eigenvalue weighted by atomic mass is 10.0. The van der Waals surface area contributed by atoms with Crippen molar-refractivity contribution in [1.29, 1.82) is 0 Å². The molecule has 0 N–H and O–H groups in total. The fraction of sp³-hybridized carbons (Fsp3) is 0.0244. The molecule has 2 heteroatoms. The molecule has 1 aromatic heterocycles. The van der Waals surface area contributed by atoms with Gasteiger partial charge in [-0.1, -0.05) is 115 Å². The van der Waals surface area contributed by atoms with Crippen molar-refractivity contribution >= 4 is 49.6 Å². The second-order valence-corrected chi connectivity index (χ2v) is 11.1. The molecular formula is C41H30N2. The molecule has 1 heterocycles. The highest BCUT2D eigenvalue weighted by atomic mass is 15.1. The van der Waals surface area contributed by atoms with Crippen molar-refractivity contribution in [2.45, 2.75) is 0 Å². The fourth-order valence-corrected chi connectivity index (χ4v) is 6.45. The summed E-state index contributed by atoms with van der Waals surface area (Å²) in [6.07, 6.45) is 0. The molecule has 7 aromatic carbocycles. The van der Waals surface area contributed by atoms with E-state index >= 15 is 0 Å². The number of para-hydroxylation sites is 2. The standard InChI is InChI=1S/C41H30N2/c1-42-40-28-33-14-9-8-13-32(33)27-39(40)38-18-10-17-37(41(38)42)31-21-25-36(26-22-31)43(34-15-6-3-7-16-34)35-23-19-30(20-24-35)29-11-4-2-5-12-29/h2-28H,1H3. The SMILES string of the molecule is Cn1c2cc3ccccc3cc2c2cccc(-c3ccc(N(c4ccccc4)c4ccc(-c5ccccc5)cc4)cc3)c21. The number of hydrogen-bond acceptors (Lipinski definition) is 1. The zero-order chi connectivity index (χ0) is 28.8. The summed E-state index contributed by atoms with van der Waals surface area (Å²) in [5, 5.41) is 5.12. The van der Waals surface area contributed by atoms with E-state index in [1.54, 1.807) is 0 Å². The van der Waals surface area contributed by atoms with Crippen LogP contribution in [0.15, 0.2) is 164 Å². The van der Waals surface area contributed by atoms with Crippen LogP contribution in [0.3, 0.4) is 0 Å². The third kappa shape index (κ3) is 4.36. The van der Waals surface area contributed by atoms with Gasteiger partial charge < -0.3 is 9.47 Å². The predicted octanol–water partition coefficient (Wildman–Crippen LogP) is 11.3. The third-order valence-corrected chi connectivity index (χ3v) is 8.57. The molecule has 0 spiro atoms. The molecule has 0 unspecified atom stereocenters. The summed E-state index contributed by atoms with van der Waals surface area (Å²) in [7, 11) is 2.19. The highest BCUT2D eigenvalue weighted by molar-refractivity contribution is 6.15. The molecule has 8 aromatic rings. The van der Waals surface area contributed by atoms with Gasteiger partial charge in [0, 0.05) is 46.0 Å². The molecule has 8 rings (SSSR count). The van der Waals surface area contributed by atoms with Gasteiger partial charge in [-0.2, -0.15) is 0 Å². The van der Waals surface area contributed by atoms with Crippen LogP contribution in [0.25, 0.3) is 54.8 Å². The van der Waals surface area contributed by atoms with E-state index in [0.717, 1.165) is 17.1 Å². The quantitative estimate of drug-likeness (QED) is 0.207. The Kier molecular flexibility index (Phi) is 6.05. The van der Waals surface area contributed by atoms with Gasteiger partial charge in [0.1, 0.15) is 0 Å². The van der Waals surface area contributed by atoms with Crippen LogP contribution in [-0.4, -0.2) is 4.57 Å². The Hall–Kier alpha value is -5.60. The van der Waals surface area contributed by atoms with Gasteiger partial charge in [0.25, 0.3) is 0 Å². The molecule has 0 fully saturated rings. The van der Waals surface area contributed by atoms with Crippen LogP contribution >= 0.6 is 0 Å². The molecule has 43 heavy (non-hydrogen) atoms. The minimum Gasteiger partial charge on any atom is -0.343 e. The number of rotatable bonds is 5. The van der Waals surface area contributed by atoms with Crippen molar-refractivity contribution in [3.63, 3.8) is 0 Å². The van der Waals surface area contributed by atoms with E-state index in [4.69, 9.17) is 0 Å². The lowest BCUT2D eigenvalue weighted by Crippen LogP contribution is -2.09. The summed E-state index contributed by atoms with van der Waals surface area (Å²) in [4.78, 5) is 2.32. The summed E-state index contributed by atoms with van der Waals surface area (Å²) in [6, 6.07) is 58.9. The van der Waals surface area contributed by atoms with E-state index < -0.39 is 0 Å². The van der Waals surface area contributed by atoms with E-state index in [9.17, 15) is 0 Å². The number of nitrogens with zero attached hydrogens (tertiary/aromatic N) is 2. The minimum absolute atomic E-state index is 1.12. The van der Waals surface area contributed by atoms with Crippen molar-refractivity contribution in [3.05, 3.63) is 164 Å². The average Bonchev–Trinajstić information content (AvgIpc) is 3.36. The largest absolute Gasteiger partial charge is 0.343 e. The molecule has 0 aliphatic heterocycles. The smallest absolute Gasteiger partial charge is 0.0568 e. The molecule has 0 aliphatic rings. The summed E-state index contributed by atoms with van der Waals surface area (Å²) in [5.41, 5.74) is 10.8. The van der Waals surface area contributed by atoms with Crippen molar-refractivity contribution in [3.8, 4) is 22.3 Å². The van der Waals surface area contributed by atoms with Gasteiger partial charge in [0.2, 0.25) is 0 Å². The van der Waals surface area contributed by atoms with Crippen LogP contribution in [0, 0.1) is 0 Å². The summed E-state index contributed by atoms with van der Waals surface area (Å²) < 4.78 is 2.35. The molecular weight excluding hydrogens is 520 g/mol. The Bertz CT molecular complexity index is 2210. The predicted molar refractivity (Wildman–Crippen MR) is 183 cm³/mol. The van der Waals surface area contributed by atoms with Crippen LogP contribution in [0.1, 0.15) is 0 Å². The van der Waals surface area contributed by atoms with Crippen molar-refractivity contribution in [2.75, 3.05) is 4.90 Å². The summed E-state index contributed by atoms with van der Waals surface area (Å²) >= 11 is 0. The van der Waals surface area contributed by atoms with E-state index in [1.807, 2.05) is 0 Å².